The van der Waals surface area contributed by atoms with Gasteiger partial charge in [-0.25, -0.2) is 8.42 Å². The van der Waals surface area contributed by atoms with Crippen molar-refractivity contribution in [1.82, 2.24) is 4.31 Å². The SMILES string of the molecule is CCN(CCC(=O)O)S(=O)(=O)c1ccc(C)cc1Cl. The molecule has 0 aromatic heterocycles. The van der Waals surface area contributed by atoms with E-state index >= 15 is 0 Å². The summed E-state index contributed by atoms with van der Waals surface area (Å²) in [5, 5.41) is 8.78. The highest BCUT2D eigenvalue weighted by atomic mass is 35.5. The minimum atomic E-state index is -3.76. The van der Waals surface area contributed by atoms with Gasteiger partial charge in [-0.2, -0.15) is 4.31 Å². The summed E-state index contributed by atoms with van der Waals surface area (Å²) in [5.41, 5.74) is 0.859. The third-order valence-electron chi connectivity index (χ3n) is 2.63. The summed E-state index contributed by atoms with van der Waals surface area (Å²) in [6.07, 6.45) is -0.240. The highest BCUT2D eigenvalue weighted by Gasteiger charge is 2.25. The number of aliphatic carboxylic acids is 1. The lowest BCUT2D eigenvalue weighted by molar-refractivity contribution is -0.137. The molecule has 1 rings (SSSR count). The number of hydrogen-bond acceptors (Lipinski definition) is 3. The lowest BCUT2D eigenvalue weighted by atomic mass is 10.2. The molecule has 0 saturated carbocycles. The quantitative estimate of drug-likeness (QED) is 0.873. The highest BCUT2D eigenvalue weighted by Crippen LogP contribution is 2.25. The second-order valence-corrected chi connectivity index (χ2v) is 6.39. The first kappa shape index (κ1) is 15.9. The van der Waals surface area contributed by atoms with Gasteiger partial charge in [-0.3, -0.25) is 4.79 Å². The van der Waals surface area contributed by atoms with E-state index in [-0.39, 0.29) is 29.4 Å². The molecular weight excluding hydrogens is 290 g/mol. The van der Waals surface area contributed by atoms with E-state index < -0.39 is 16.0 Å². The van der Waals surface area contributed by atoms with Gasteiger partial charge in [-0.05, 0) is 24.6 Å². The fourth-order valence-electron chi connectivity index (χ4n) is 1.62. The summed E-state index contributed by atoms with van der Waals surface area (Å²) in [6.45, 7) is 3.59. The van der Waals surface area contributed by atoms with Gasteiger partial charge in [0.15, 0.2) is 0 Å². The molecule has 0 spiro atoms. The molecule has 0 fully saturated rings. The number of carbonyl (C=O) groups is 1. The molecule has 7 heteroatoms. The average Bonchev–Trinajstić information content (AvgIpc) is 2.28. The molecule has 0 saturated heterocycles. The van der Waals surface area contributed by atoms with E-state index in [4.69, 9.17) is 16.7 Å². The maximum Gasteiger partial charge on any atom is 0.304 e. The van der Waals surface area contributed by atoms with Crippen molar-refractivity contribution in [2.75, 3.05) is 13.1 Å². The number of halogens is 1. The molecule has 0 aliphatic heterocycles. The maximum absolute atomic E-state index is 12.4. The van der Waals surface area contributed by atoms with Crippen LogP contribution >= 0.6 is 11.6 Å². The van der Waals surface area contributed by atoms with E-state index in [9.17, 15) is 13.2 Å². The molecule has 5 nitrogen and oxygen atoms in total. The Labute approximate surface area is 117 Å². The van der Waals surface area contributed by atoms with Crippen LogP contribution in [0, 0.1) is 6.92 Å². The Bertz CT molecular complexity index is 571. The number of carboxylic acid groups (broad SMARTS) is 1. The van der Waals surface area contributed by atoms with Crippen molar-refractivity contribution in [3.63, 3.8) is 0 Å². The zero-order valence-corrected chi connectivity index (χ0v) is 12.3. The maximum atomic E-state index is 12.4. The summed E-state index contributed by atoms with van der Waals surface area (Å²) in [7, 11) is -3.76. The molecule has 0 bridgehead atoms. The average molecular weight is 306 g/mol. The number of aryl methyl sites for hydroxylation is 1. The Hall–Kier alpha value is -1.11. The van der Waals surface area contributed by atoms with Crippen LogP contribution in [0.3, 0.4) is 0 Å². The summed E-state index contributed by atoms with van der Waals surface area (Å²) >= 11 is 5.96. The fourth-order valence-corrected chi connectivity index (χ4v) is 3.65. The van der Waals surface area contributed by atoms with Gasteiger partial charge in [0.05, 0.1) is 11.4 Å². The van der Waals surface area contributed by atoms with Crippen LogP contribution in [0.1, 0.15) is 18.9 Å². The topological polar surface area (TPSA) is 74.7 Å². The van der Waals surface area contributed by atoms with E-state index in [0.717, 1.165) is 9.87 Å². The summed E-state index contributed by atoms with van der Waals surface area (Å²) < 4.78 is 25.8. The van der Waals surface area contributed by atoms with E-state index in [2.05, 4.69) is 0 Å². The van der Waals surface area contributed by atoms with Crippen molar-refractivity contribution in [2.45, 2.75) is 25.2 Å². The third kappa shape index (κ3) is 3.92. The number of benzene rings is 1. The highest BCUT2D eigenvalue weighted by molar-refractivity contribution is 7.89. The van der Waals surface area contributed by atoms with Crippen molar-refractivity contribution in [1.29, 1.82) is 0 Å². The van der Waals surface area contributed by atoms with E-state index in [1.807, 2.05) is 6.92 Å². The Morgan fingerprint density at radius 3 is 2.53 bits per heavy atom. The number of carboxylic acids is 1. The second kappa shape index (κ2) is 6.36. The molecule has 19 heavy (non-hydrogen) atoms. The Morgan fingerprint density at radius 2 is 2.05 bits per heavy atom. The van der Waals surface area contributed by atoms with Crippen LogP contribution < -0.4 is 0 Å². The molecule has 0 amide bonds. The van der Waals surface area contributed by atoms with Crippen molar-refractivity contribution in [3.05, 3.63) is 28.8 Å². The third-order valence-corrected chi connectivity index (χ3v) is 5.09. The van der Waals surface area contributed by atoms with Crippen molar-refractivity contribution < 1.29 is 18.3 Å². The summed E-state index contributed by atoms with van der Waals surface area (Å²) in [4.78, 5) is 10.6. The van der Waals surface area contributed by atoms with Crippen LogP contribution in [-0.2, 0) is 14.8 Å². The minimum absolute atomic E-state index is 0.00649. The molecule has 0 atom stereocenters. The molecule has 1 aromatic carbocycles. The monoisotopic (exact) mass is 305 g/mol. The number of sulfonamides is 1. The van der Waals surface area contributed by atoms with E-state index in [1.165, 1.54) is 6.07 Å². The molecule has 0 aliphatic rings. The molecule has 0 aliphatic carbocycles. The van der Waals surface area contributed by atoms with Crippen LogP contribution in [0.5, 0.6) is 0 Å². The molecule has 106 valence electrons. The molecule has 0 heterocycles. The first-order chi connectivity index (χ1) is 8.78. The molecule has 0 radical (unpaired) electrons. The Kier molecular flexibility index (Phi) is 5.34. The van der Waals surface area contributed by atoms with Crippen molar-refractivity contribution >= 4 is 27.6 Å². The van der Waals surface area contributed by atoms with Crippen LogP contribution in [-0.4, -0.2) is 36.9 Å². The van der Waals surface area contributed by atoms with Crippen molar-refractivity contribution in [2.24, 2.45) is 0 Å². The number of nitrogens with zero attached hydrogens (tertiary/aromatic N) is 1. The lowest BCUT2D eigenvalue weighted by Crippen LogP contribution is -2.33. The summed E-state index contributed by atoms with van der Waals surface area (Å²) in [5.74, 6) is -1.04. The lowest BCUT2D eigenvalue weighted by Gasteiger charge is -2.20. The van der Waals surface area contributed by atoms with Gasteiger partial charge in [-0.1, -0.05) is 24.6 Å². The zero-order chi connectivity index (χ0) is 14.6. The van der Waals surface area contributed by atoms with Crippen LogP contribution in [0.25, 0.3) is 0 Å². The standard InChI is InChI=1S/C12H16ClNO4S/c1-3-14(7-6-12(15)16)19(17,18)11-5-4-9(2)8-10(11)13/h4-5,8H,3,6-7H2,1-2H3,(H,15,16). The largest absolute Gasteiger partial charge is 0.481 e. The predicted molar refractivity (Wildman–Crippen MR) is 72.9 cm³/mol. The van der Waals surface area contributed by atoms with Crippen LogP contribution in [0.15, 0.2) is 23.1 Å². The first-order valence-electron chi connectivity index (χ1n) is 5.77. The smallest absolute Gasteiger partial charge is 0.304 e. The number of rotatable bonds is 6. The second-order valence-electron chi connectivity index (χ2n) is 4.07. The van der Waals surface area contributed by atoms with Gasteiger partial charge in [0.2, 0.25) is 10.0 Å². The van der Waals surface area contributed by atoms with Gasteiger partial charge in [0.25, 0.3) is 0 Å². The Morgan fingerprint density at radius 1 is 1.42 bits per heavy atom. The molecule has 1 aromatic rings. The van der Waals surface area contributed by atoms with Gasteiger partial charge < -0.3 is 5.11 Å². The minimum Gasteiger partial charge on any atom is -0.481 e. The van der Waals surface area contributed by atoms with Crippen LogP contribution in [0.2, 0.25) is 5.02 Å². The van der Waals surface area contributed by atoms with Crippen molar-refractivity contribution in [3.8, 4) is 0 Å². The van der Waals surface area contributed by atoms with Gasteiger partial charge >= 0.3 is 5.97 Å². The van der Waals surface area contributed by atoms with E-state index in [1.54, 1.807) is 19.1 Å². The molecular formula is C12H16ClNO4S. The molecule has 0 unspecified atom stereocenters. The molecule has 1 N–H and O–H groups in total. The van der Waals surface area contributed by atoms with Gasteiger partial charge in [-0.15, -0.1) is 0 Å². The van der Waals surface area contributed by atoms with Crippen LogP contribution in [0.4, 0.5) is 0 Å². The normalized spacial score (nSPS) is 11.8. The predicted octanol–water partition coefficient (Wildman–Crippen LogP) is 2.13. The zero-order valence-electron chi connectivity index (χ0n) is 10.8. The fraction of sp³-hybridized carbons (Fsp3) is 0.417. The first-order valence-corrected chi connectivity index (χ1v) is 7.59. The summed E-state index contributed by atoms with van der Waals surface area (Å²) in [6, 6.07) is 4.67. The van der Waals surface area contributed by atoms with Gasteiger partial charge in [0.1, 0.15) is 4.90 Å². The number of hydrogen-bond donors (Lipinski definition) is 1. The van der Waals surface area contributed by atoms with E-state index in [0.29, 0.717) is 0 Å². The van der Waals surface area contributed by atoms with Gasteiger partial charge in [0, 0.05) is 13.1 Å². The Balaban J connectivity index is 3.09.